The lowest BCUT2D eigenvalue weighted by molar-refractivity contribution is -0.150. The minimum absolute atomic E-state index is 0.0266. The van der Waals surface area contributed by atoms with Crippen molar-refractivity contribution >= 4 is 11.9 Å². The Balaban J connectivity index is 4.11. The molecular weight excluding hydrogens is 617 g/mol. The first-order chi connectivity index (χ1) is 24.6. The number of rotatable bonds is 37. The molecule has 0 aromatic rings. The lowest BCUT2D eigenvalue weighted by atomic mass is 10.0. The third-order valence-corrected chi connectivity index (χ3v) is 8.92. The molecule has 0 aliphatic carbocycles. The zero-order valence-electron chi connectivity index (χ0n) is 32.7. The van der Waals surface area contributed by atoms with Gasteiger partial charge in [-0.2, -0.15) is 0 Å². The van der Waals surface area contributed by atoms with Crippen LogP contribution in [0.15, 0.2) is 72.9 Å². The van der Waals surface area contributed by atoms with Crippen LogP contribution in [0.3, 0.4) is 0 Å². The average molecular weight is 695 g/mol. The molecule has 0 spiro atoms. The van der Waals surface area contributed by atoms with Crippen molar-refractivity contribution in [2.75, 3.05) is 0 Å². The fraction of sp³-hybridized carbons (Fsp3) is 0.696. The highest BCUT2D eigenvalue weighted by atomic mass is 16.5. The maximum Gasteiger partial charge on any atom is 0.306 e. The van der Waals surface area contributed by atoms with Gasteiger partial charge in [-0.05, 0) is 96.3 Å². The van der Waals surface area contributed by atoms with Crippen LogP contribution in [0.4, 0.5) is 0 Å². The number of ether oxygens (including phenoxy) is 1. The van der Waals surface area contributed by atoms with Crippen molar-refractivity contribution in [1.29, 1.82) is 0 Å². The van der Waals surface area contributed by atoms with E-state index in [9.17, 15) is 9.59 Å². The number of allylic oxidation sites excluding steroid dienone is 12. The Hall–Kier alpha value is -2.62. The molecule has 0 fully saturated rings. The second-order valence-corrected chi connectivity index (χ2v) is 13.8. The summed E-state index contributed by atoms with van der Waals surface area (Å²) in [5, 5.41) is 8.83. The zero-order valence-corrected chi connectivity index (χ0v) is 32.7. The van der Waals surface area contributed by atoms with Crippen LogP contribution >= 0.6 is 0 Å². The molecule has 4 heteroatoms. The molecule has 0 saturated heterocycles. The molecule has 0 rings (SSSR count). The molecule has 0 aliphatic heterocycles. The molecule has 50 heavy (non-hydrogen) atoms. The smallest absolute Gasteiger partial charge is 0.306 e. The predicted molar refractivity (Wildman–Crippen MR) is 218 cm³/mol. The number of hydrogen-bond donors (Lipinski definition) is 1. The standard InChI is InChI=1S/C46H78O4/c1-3-5-7-9-11-13-15-17-18-19-20-21-22-24-26-28-30-35-39-43-46(49)50-44(41-37-33-31-34-38-42-45(47)48)40-36-32-29-27-25-23-16-14-12-10-8-6-4-2/h6,8,11-14,17-18,23,25,29,32,44H,3-5,7,9-10,15-16,19-22,24,26-28,30-31,33-43H2,1-2H3,(H,47,48)/b8-6-,13-11-,14-12-,18-17-,25-23-,32-29-. The molecule has 0 aromatic heterocycles. The molecule has 1 unspecified atom stereocenters. The molecule has 1 N–H and O–H groups in total. The highest BCUT2D eigenvalue weighted by molar-refractivity contribution is 5.69. The van der Waals surface area contributed by atoms with E-state index in [1.807, 2.05) is 0 Å². The Morgan fingerprint density at radius 1 is 0.460 bits per heavy atom. The molecule has 0 saturated carbocycles. The number of carboxylic acids is 1. The number of carboxylic acid groups (broad SMARTS) is 1. The molecule has 0 aromatic carbocycles. The van der Waals surface area contributed by atoms with E-state index in [1.165, 1.54) is 77.0 Å². The quantitative estimate of drug-likeness (QED) is 0.0399. The van der Waals surface area contributed by atoms with Gasteiger partial charge < -0.3 is 9.84 Å². The molecule has 4 nitrogen and oxygen atoms in total. The molecule has 0 bridgehead atoms. The summed E-state index contributed by atoms with van der Waals surface area (Å²) >= 11 is 0. The van der Waals surface area contributed by atoms with Crippen molar-refractivity contribution in [3.63, 3.8) is 0 Å². The van der Waals surface area contributed by atoms with Crippen LogP contribution in [-0.2, 0) is 14.3 Å². The number of aliphatic carboxylic acids is 1. The Bertz CT molecular complexity index is 922. The molecule has 0 heterocycles. The monoisotopic (exact) mass is 695 g/mol. The first kappa shape index (κ1) is 47.4. The van der Waals surface area contributed by atoms with Crippen LogP contribution < -0.4 is 0 Å². The van der Waals surface area contributed by atoms with E-state index in [4.69, 9.17) is 9.84 Å². The average Bonchev–Trinajstić information content (AvgIpc) is 3.10. The first-order valence-corrected chi connectivity index (χ1v) is 20.9. The van der Waals surface area contributed by atoms with Crippen molar-refractivity contribution in [2.24, 2.45) is 0 Å². The fourth-order valence-electron chi connectivity index (χ4n) is 5.85. The van der Waals surface area contributed by atoms with E-state index in [0.29, 0.717) is 6.42 Å². The normalized spacial score (nSPS) is 13.0. The van der Waals surface area contributed by atoms with Gasteiger partial charge in [0.05, 0.1) is 0 Å². The Labute approximate surface area is 309 Å². The van der Waals surface area contributed by atoms with Crippen molar-refractivity contribution in [1.82, 2.24) is 0 Å². The van der Waals surface area contributed by atoms with Crippen molar-refractivity contribution in [2.45, 2.75) is 206 Å². The number of hydrogen-bond acceptors (Lipinski definition) is 3. The van der Waals surface area contributed by atoms with Gasteiger partial charge in [0.2, 0.25) is 0 Å². The van der Waals surface area contributed by atoms with Gasteiger partial charge in [0.1, 0.15) is 6.10 Å². The van der Waals surface area contributed by atoms with E-state index in [0.717, 1.165) is 96.3 Å². The largest absolute Gasteiger partial charge is 0.481 e. The van der Waals surface area contributed by atoms with Gasteiger partial charge in [-0.25, -0.2) is 0 Å². The number of esters is 1. The lowest BCUT2D eigenvalue weighted by Gasteiger charge is -2.17. The van der Waals surface area contributed by atoms with Gasteiger partial charge in [0, 0.05) is 12.8 Å². The zero-order chi connectivity index (χ0) is 36.4. The summed E-state index contributed by atoms with van der Waals surface area (Å²) in [6, 6.07) is 0. The van der Waals surface area contributed by atoms with Gasteiger partial charge in [-0.1, -0.05) is 164 Å². The summed E-state index contributed by atoms with van der Waals surface area (Å²) < 4.78 is 5.97. The third kappa shape index (κ3) is 39.8. The van der Waals surface area contributed by atoms with Gasteiger partial charge in [-0.3, -0.25) is 9.59 Å². The van der Waals surface area contributed by atoms with Crippen molar-refractivity contribution in [3.8, 4) is 0 Å². The summed E-state index contributed by atoms with van der Waals surface area (Å²) in [6.45, 7) is 4.41. The van der Waals surface area contributed by atoms with Crippen LogP contribution in [0.2, 0.25) is 0 Å². The van der Waals surface area contributed by atoms with Crippen molar-refractivity contribution < 1.29 is 19.4 Å². The van der Waals surface area contributed by atoms with E-state index in [1.54, 1.807) is 0 Å². The van der Waals surface area contributed by atoms with E-state index in [-0.39, 0.29) is 18.5 Å². The molecule has 0 radical (unpaired) electrons. The summed E-state index contributed by atoms with van der Waals surface area (Å²) in [7, 11) is 0. The predicted octanol–water partition coefficient (Wildman–Crippen LogP) is 14.7. The van der Waals surface area contributed by atoms with Crippen molar-refractivity contribution in [3.05, 3.63) is 72.9 Å². The summed E-state index contributed by atoms with van der Waals surface area (Å²) in [5.74, 6) is -0.756. The molecule has 1 atom stereocenters. The molecule has 0 amide bonds. The molecule has 286 valence electrons. The minimum Gasteiger partial charge on any atom is -0.481 e. The van der Waals surface area contributed by atoms with Gasteiger partial charge >= 0.3 is 11.9 Å². The van der Waals surface area contributed by atoms with E-state index >= 15 is 0 Å². The maximum atomic E-state index is 12.7. The van der Waals surface area contributed by atoms with Crippen LogP contribution in [-0.4, -0.2) is 23.1 Å². The second-order valence-electron chi connectivity index (χ2n) is 13.8. The fourth-order valence-corrected chi connectivity index (χ4v) is 5.85. The highest BCUT2D eigenvalue weighted by Crippen LogP contribution is 2.17. The first-order valence-electron chi connectivity index (χ1n) is 20.9. The SMILES string of the molecule is CC/C=C\C/C=C\C/C=C\C/C=C\CCC(CCCCCCCC(=O)O)OC(=O)CCCCCCCCCCC/C=C\C/C=C\CCCCC. The maximum absolute atomic E-state index is 12.7. The number of unbranched alkanes of at least 4 members (excludes halogenated alkanes) is 16. The highest BCUT2D eigenvalue weighted by Gasteiger charge is 2.13. The summed E-state index contributed by atoms with van der Waals surface area (Å²) in [6.07, 6.45) is 57.8. The van der Waals surface area contributed by atoms with Gasteiger partial charge in [0.25, 0.3) is 0 Å². The molecule has 0 aliphatic rings. The van der Waals surface area contributed by atoms with Gasteiger partial charge in [-0.15, -0.1) is 0 Å². The van der Waals surface area contributed by atoms with Crippen LogP contribution in [0.25, 0.3) is 0 Å². The van der Waals surface area contributed by atoms with E-state index < -0.39 is 5.97 Å². The molecular formula is C46H78O4. The minimum atomic E-state index is -0.714. The summed E-state index contributed by atoms with van der Waals surface area (Å²) in [4.78, 5) is 23.4. The lowest BCUT2D eigenvalue weighted by Crippen LogP contribution is -2.18. The third-order valence-electron chi connectivity index (χ3n) is 8.92. The van der Waals surface area contributed by atoms with Crippen LogP contribution in [0.1, 0.15) is 200 Å². The Morgan fingerprint density at radius 2 is 0.880 bits per heavy atom. The van der Waals surface area contributed by atoms with E-state index in [2.05, 4.69) is 86.8 Å². The summed E-state index contributed by atoms with van der Waals surface area (Å²) in [5.41, 5.74) is 0. The number of carbonyl (C=O) groups is 2. The topological polar surface area (TPSA) is 63.6 Å². The van der Waals surface area contributed by atoms with Crippen LogP contribution in [0, 0.1) is 0 Å². The van der Waals surface area contributed by atoms with Crippen LogP contribution in [0.5, 0.6) is 0 Å². The number of carbonyl (C=O) groups excluding carboxylic acids is 1. The van der Waals surface area contributed by atoms with Gasteiger partial charge in [0.15, 0.2) is 0 Å². The second kappa shape index (κ2) is 40.8. The Morgan fingerprint density at radius 3 is 1.40 bits per heavy atom. The Kier molecular flexibility index (Phi) is 38.7.